The number of carboxylic acids is 1. The highest BCUT2D eigenvalue weighted by Crippen LogP contribution is 2.26. The summed E-state index contributed by atoms with van der Waals surface area (Å²) in [7, 11) is 0. The normalized spacial score (nSPS) is 16.6. The maximum absolute atomic E-state index is 12.5. The van der Waals surface area contributed by atoms with Crippen LogP contribution in [0.15, 0.2) is 48.5 Å². The molecule has 0 radical (unpaired) electrons. The first-order valence-electron chi connectivity index (χ1n) is 8.51. The molecule has 2 N–H and O–H groups in total. The summed E-state index contributed by atoms with van der Waals surface area (Å²) < 4.78 is 0. The molecule has 3 rings (SSSR count). The zero-order chi connectivity index (χ0) is 18.7. The van der Waals surface area contributed by atoms with E-state index in [4.69, 9.17) is 5.11 Å². The van der Waals surface area contributed by atoms with Crippen LogP contribution in [-0.2, 0) is 16.0 Å². The summed E-state index contributed by atoms with van der Waals surface area (Å²) in [6.45, 7) is 2.41. The Hall–Kier alpha value is -3.15. The van der Waals surface area contributed by atoms with Gasteiger partial charge in [-0.05, 0) is 48.4 Å². The van der Waals surface area contributed by atoms with E-state index < -0.39 is 11.9 Å². The van der Waals surface area contributed by atoms with Crippen molar-refractivity contribution in [3.05, 3.63) is 59.7 Å². The SMILES string of the molecule is CCc1ccc(N2C[C@H](C(=O)Nc3ccc(C(=O)O)cc3)CC2=O)cc1. The van der Waals surface area contributed by atoms with Crippen LogP contribution in [-0.4, -0.2) is 29.4 Å². The predicted molar refractivity (Wildman–Crippen MR) is 98.3 cm³/mol. The van der Waals surface area contributed by atoms with Gasteiger partial charge in [-0.25, -0.2) is 4.79 Å². The van der Waals surface area contributed by atoms with Gasteiger partial charge in [0.05, 0.1) is 11.5 Å². The molecule has 26 heavy (non-hydrogen) atoms. The molecule has 134 valence electrons. The Labute approximate surface area is 151 Å². The van der Waals surface area contributed by atoms with Crippen molar-refractivity contribution >= 4 is 29.2 Å². The second-order valence-corrected chi connectivity index (χ2v) is 6.30. The average Bonchev–Trinajstić information content (AvgIpc) is 3.04. The Balaban J connectivity index is 1.65. The summed E-state index contributed by atoms with van der Waals surface area (Å²) in [5.41, 5.74) is 2.66. The van der Waals surface area contributed by atoms with Gasteiger partial charge in [0.15, 0.2) is 0 Å². The van der Waals surface area contributed by atoms with Gasteiger partial charge in [-0.3, -0.25) is 9.59 Å². The summed E-state index contributed by atoms with van der Waals surface area (Å²) in [6, 6.07) is 13.7. The summed E-state index contributed by atoms with van der Waals surface area (Å²) in [4.78, 5) is 37.2. The van der Waals surface area contributed by atoms with Crippen LogP contribution < -0.4 is 10.2 Å². The standard InChI is InChI=1S/C20H20N2O4/c1-2-13-3-9-17(10-4-13)22-12-15(11-18(22)23)19(24)21-16-7-5-14(6-8-16)20(25)26/h3-10,15H,2,11-12H2,1H3,(H,21,24)(H,25,26)/t15-/m1/s1. The third-order valence-corrected chi connectivity index (χ3v) is 4.55. The van der Waals surface area contributed by atoms with Crippen molar-refractivity contribution in [1.82, 2.24) is 0 Å². The predicted octanol–water partition coefficient (Wildman–Crippen LogP) is 2.94. The molecule has 0 aromatic heterocycles. The molecule has 1 saturated heterocycles. The minimum absolute atomic E-state index is 0.0735. The summed E-state index contributed by atoms with van der Waals surface area (Å²) in [5.74, 6) is -1.77. The number of hydrogen-bond donors (Lipinski definition) is 2. The summed E-state index contributed by atoms with van der Waals surface area (Å²) in [6.07, 6.45) is 1.09. The Morgan fingerprint density at radius 1 is 1.12 bits per heavy atom. The fourth-order valence-corrected chi connectivity index (χ4v) is 2.98. The van der Waals surface area contributed by atoms with Crippen molar-refractivity contribution in [2.75, 3.05) is 16.8 Å². The molecular weight excluding hydrogens is 332 g/mol. The van der Waals surface area contributed by atoms with E-state index in [-0.39, 0.29) is 23.8 Å². The molecule has 0 unspecified atom stereocenters. The quantitative estimate of drug-likeness (QED) is 0.866. The number of nitrogens with one attached hydrogen (secondary N) is 1. The third kappa shape index (κ3) is 3.74. The van der Waals surface area contributed by atoms with Gasteiger partial charge in [-0.2, -0.15) is 0 Å². The molecule has 1 aliphatic rings. The van der Waals surface area contributed by atoms with E-state index in [0.717, 1.165) is 12.1 Å². The number of rotatable bonds is 5. The van der Waals surface area contributed by atoms with Crippen LogP contribution in [0.4, 0.5) is 11.4 Å². The van der Waals surface area contributed by atoms with Gasteiger partial charge in [-0.1, -0.05) is 19.1 Å². The van der Waals surface area contributed by atoms with E-state index in [0.29, 0.717) is 12.2 Å². The number of nitrogens with zero attached hydrogens (tertiary/aromatic N) is 1. The molecule has 1 aliphatic heterocycles. The molecule has 6 nitrogen and oxygen atoms in total. The van der Waals surface area contributed by atoms with E-state index in [9.17, 15) is 14.4 Å². The minimum atomic E-state index is -1.02. The number of carboxylic acid groups (broad SMARTS) is 1. The number of aryl methyl sites for hydroxylation is 1. The highest BCUT2D eigenvalue weighted by Gasteiger charge is 2.35. The number of carbonyl (C=O) groups is 3. The van der Waals surface area contributed by atoms with Gasteiger partial charge in [0.1, 0.15) is 0 Å². The molecule has 2 aromatic rings. The van der Waals surface area contributed by atoms with Gasteiger partial charge in [0, 0.05) is 24.3 Å². The van der Waals surface area contributed by atoms with Crippen molar-refractivity contribution in [2.24, 2.45) is 5.92 Å². The van der Waals surface area contributed by atoms with Crippen LogP contribution in [0, 0.1) is 5.92 Å². The van der Waals surface area contributed by atoms with E-state index in [1.807, 2.05) is 24.3 Å². The van der Waals surface area contributed by atoms with Gasteiger partial charge in [-0.15, -0.1) is 0 Å². The van der Waals surface area contributed by atoms with Gasteiger partial charge >= 0.3 is 5.97 Å². The molecule has 1 heterocycles. The second kappa shape index (κ2) is 7.39. The highest BCUT2D eigenvalue weighted by molar-refractivity contribution is 6.03. The first kappa shape index (κ1) is 17.7. The maximum atomic E-state index is 12.5. The molecule has 6 heteroatoms. The lowest BCUT2D eigenvalue weighted by atomic mass is 10.1. The third-order valence-electron chi connectivity index (χ3n) is 4.55. The molecule has 1 atom stereocenters. The molecule has 0 aliphatic carbocycles. The molecule has 0 spiro atoms. The van der Waals surface area contributed by atoms with Crippen molar-refractivity contribution in [3.63, 3.8) is 0 Å². The highest BCUT2D eigenvalue weighted by atomic mass is 16.4. The second-order valence-electron chi connectivity index (χ2n) is 6.30. The van der Waals surface area contributed by atoms with E-state index >= 15 is 0 Å². The van der Waals surface area contributed by atoms with Gasteiger partial charge in [0.25, 0.3) is 0 Å². The van der Waals surface area contributed by atoms with Crippen molar-refractivity contribution in [2.45, 2.75) is 19.8 Å². The van der Waals surface area contributed by atoms with Crippen molar-refractivity contribution < 1.29 is 19.5 Å². The number of anilines is 2. The smallest absolute Gasteiger partial charge is 0.335 e. The Bertz CT molecular complexity index is 828. The number of benzene rings is 2. The lowest BCUT2D eigenvalue weighted by Crippen LogP contribution is -2.28. The van der Waals surface area contributed by atoms with Crippen molar-refractivity contribution in [3.8, 4) is 0 Å². The number of carbonyl (C=O) groups excluding carboxylic acids is 2. The fourth-order valence-electron chi connectivity index (χ4n) is 2.98. The zero-order valence-corrected chi connectivity index (χ0v) is 14.4. The Kier molecular flexibility index (Phi) is 5.02. The monoisotopic (exact) mass is 352 g/mol. The molecule has 0 bridgehead atoms. The van der Waals surface area contributed by atoms with Gasteiger partial charge in [0.2, 0.25) is 11.8 Å². The van der Waals surface area contributed by atoms with E-state index in [1.54, 1.807) is 17.0 Å². The first-order chi connectivity index (χ1) is 12.5. The number of hydrogen-bond acceptors (Lipinski definition) is 3. The molecule has 2 amide bonds. The van der Waals surface area contributed by atoms with Crippen LogP contribution in [0.5, 0.6) is 0 Å². The van der Waals surface area contributed by atoms with Crippen LogP contribution in [0.1, 0.15) is 29.3 Å². The Morgan fingerprint density at radius 2 is 1.77 bits per heavy atom. The maximum Gasteiger partial charge on any atom is 0.335 e. The van der Waals surface area contributed by atoms with Crippen LogP contribution in [0.3, 0.4) is 0 Å². The number of amides is 2. The fraction of sp³-hybridized carbons (Fsp3) is 0.250. The topological polar surface area (TPSA) is 86.7 Å². The Morgan fingerprint density at radius 3 is 2.35 bits per heavy atom. The lowest BCUT2D eigenvalue weighted by Gasteiger charge is -2.17. The van der Waals surface area contributed by atoms with E-state index in [2.05, 4.69) is 12.2 Å². The number of aromatic carboxylic acids is 1. The average molecular weight is 352 g/mol. The van der Waals surface area contributed by atoms with Crippen LogP contribution in [0.2, 0.25) is 0 Å². The van der Waals surface area contributed by atoms with Crippen LogP contribution in [0.25, 0.3) is 0 Å². The van der Waals surface area contributed by atoms with E-state index in [1.165, 1.54) is 17.7 Å². The largest absolute Gasteiger partial charge is 0.478 e. The lowest BCUT2D eigenvalue weighted by molar-refractivity contribution is -0.122. The summed E-state index contributed by atoms with van der Waals surface area (Å²) in [5, 5.41) is 11.6. The summed E-state index contributed by atoms with van der Waals surface area (Å²) >= 11 is 0. The molecule has 1 fully saturated rings. The minimum Gasteiger partial charge on any atom is -0.478 e. The first-order valence-corrected chi connectivity index (χ1v) is 8.51. The van der Waals surface area contributed by atoms with Crippen LogP contribution >= 0.6 is 0 Å². The van der Waals surface area contributed by atoms with Gasteiger partial charge < -0.3 is 15.3 Å². The van der Waals surface area contributed by atoms with Crippen molar-refractivity contribution in [1.29, 1.82) is 0 Å². The molecular formula is C20H20N2O4. The zero-order valence-electron chi connectivity index (χ0n) is 14.4. The molecule has 0 saturated carbocycles. The molecule has 2 aromatic carbocycles.